The van der Waals surface area contributed by atoms with Gasteiger partial charge in [-0.1, -0.05) is 19.9 Å². The molecule has 0 aliphatic heterocycles. The van der Waals surface area contributed by atoms with Crippen molar-refractivity contribution in [3.05, 3.63) is 29.3 Å². The lowest BCUT2D eigenvalue weighted by Gasteiger charge is -2.25. The fourth-order valence-electron chi connectivity index (χ4n) is 2.74. The molecule has 0 radical (unpaired) electrons. The van der Waals surface area contributed by atoms with E-state index < -0.39 is 0 Å². The monoisotopic (exact) mass is 276 g/mol. The Balaban J connectivity index is 2.13. The van der Waals surface area contributed by atoms with Gasteiger partial charge in [-0.3, -0.25) is 4.90 Å². The lowest BCUT2D eigenvalue weighted by molar-refractivity contribution is 0.223. The Kier molecular flexibility index (Phi) is 5.44. The smallest absolute Gasteiger partial charge is 0.123 e. The standard InChI is InChI=1S/C17H28N2O/c1-13(2)11-19(16-6-7-16)12-15-9-14(10-18-3)5-8-17(15)20-4/h5,8-9,13,16,18H,6-7,10-12H2,1-4H3. The van der Waals surface area contributed by atoms with Gasteiger partial charge in [0.25, 0.3) is 0 Å². The molecular weight excluding hydrogens is 248 g/mol. The van der Waals surface area contributed by atoms with Gasteiger partial charge in [-0.2, -0.15) is 0 Å². The van der Waals surface area contributed by atoms with E-state index in [1.807, 2.05) is 7.05 Å². The summed E-state index contributed by atoms with van der Waals surface area (Å²) in [4.78, 5) is 2.62. The van der Waals surface area contributed by atoms with Gasteiger partial charge in [-0.05, 0) is 43.5 Å². The van der Waals surface area contributed by atoms with Gasteiger partial charge in [0.2, 0.25) is 0 Å². The van der Waals surface area contributed by atoms with Crippen molar-refractivity contribution in [3.8, 4) is 5.75 Å². The predicted octanol–water partition coefficient (Wildman–Crippen LogP) is 3.04. The minimum Gasteiger partial charge on any atom is -0.496 e. The summed E-state index contributed by atoms with van der Waals surface area (Å²) in [5.41, 5.74) is 2.64. The molecule has 3 heteroatoms. The maximum absolute atomic E-state index is 5.54. The zero-order valence-electron chi connectivity index (χ0n) is 13.3. The van der Waals surface area contributed by atoms with Crippen LogP contribution in [0.3, 0.4) is 0 Å². The van der Waals surface area contributed by atoms with Crippen molar-refractivity contribution >= 4 is 0 Å². The molecule has 0 unspecified atom stereocenters. The van der Waals surface area contributed by atoms with Crippen LogP contribution in [-0.2, 0) is 13.1 Å². The lowest BCUT2D eigenvalue weighted by Crippen LogP contribution is -2.29. The van der Waals surface area contributed by atoms with E-state index in [-0.39, 0.29) is 0 Å². The third kappa shape index (κ3) is 4.22. The van der Waals surface area contributed by atoms with E-state index in [2.05, 4.69) is 42.3 Å². The van der Waals surface area contributed by atoms with Crippen LogP contribution in [0.4, 0.5) is 0 Å². The number of nitrogens with zero attached hydrogens (tertiary/aromatic N) is 1. The van der Waals surface area contributed by atoms with Crippen LogP contribution in [0.15, 0.2) is 18.2 Å². The highest BCUT2D eigenvalue weighted by Crippen LogP contribution is 2.31. The molecule has 0 bridgehead atoms. The normalized spacial score (nSPS) is 15.1. The summed E-state index contributed by atoms with van der Waals surface area (Å²) < 4.78 is 5.54. The van der Waals surface area contributed by atoms with Gasteiger partial charge in [-0.15, -0.1) is 0 Å². The highest BCUT2D eigenvalue weighted by Gasteiger charge is 2.29. The van der Waals surface area contributed by atoms with Gasteiger partial charge < -0.3 is 10.1 Å². The molecule has 20 heavy (non-hydrogen) atoms. The summed E-state index contributed by atoms with van der Waals surface area (Å²) in [7, 11) is 3.75. The maximum Gasteiger partial charge on any atom is 0.123 e. The molecular formula is C17H28N2O. The number of rotatable bonds is 8. The van der Waals surface area contributed by atoms with Crippen LogP contribution in [0, 0.1) is 5.92 Å². The molecule has 3 nitrogen and oxygen atoms in total. The van der Waals surface area contributed by atoms with Gasteiger partial charge in [0.15, 0.2) is 0 Å². The van der Waals surface area contributed by atoms with Crippen molar-refractivity contribution in [1.82, 2.24) is 10.2 Å². The second kappa shape index (κ2) is 7.09. The van der Waals surface area contributed by atoms with Crippen molar-refractivity contribution in [2.75, 3.05) is 20.7 Å². The fourth-order valence-corrected chi connectivity index (χ4v) is 2.74. The molecule has 0 aromatic heterocycles. The number of nitrogens with one attached hydrogen (secondary N) is 1. The Hall–Kier alpha value is -1.06. The quantitative estimate of drug-likeness (QED) is 0.790. The van der Waals surface area contributed by atoms with Crippen LogP contribution in [0.2, 0.25) is 0 Å². The van der Waals surface area contributed by atoms with E-state index in [0.29, 0.717) is 5.92 Å². The first-order valence-corrected chi connectivity index (χ1v) is 7.68. The molecule has 1 saturated carbocycles. The van der Waals surface area contributed by atoms with Gasteiger partial charge in [0.1, 0.15) is 5.75 Å². The molecule has 0 amide bonds. The zero-order valence-corrected chi connectivity index (χ0v) is 13.3. The predicted molar refractivity (Wildman–Crippen MR) is 84.0 cm³/mol. The van der Waals surface area contributed by atoms with E-state index in [9.17, 15) is 0 Å². The molecule has 1 aromatic rings. The first-order valence-electron chi connectivity index (χ1n) is 7.68. The van der Waals surface area contributed by atoms with Crippen molar-refractivity contribution < 1.29 is 4.74 Å². The second-order valence-electron chi connectivity index (χ2n) is 6.23. The van der Waals surface area contributed by atoms with Gasteiger partial charge in [0, 0.05) is 31.2 Å². The molecule has 1 aromatic carbocycles. The van der Waals surface area contributed by atoms with Crippen LogP contribution >= 0.6 is 0 Å². The molecule has 0 spiro atoms. The van der Waals surface area contributed by atoms with E-state index in [1.54, 1.807) is 7.11 Å². The van der Waals surface area contributed by atoms with Crippen molar-refractivity contribution in [3.63, 3.8) is 0 Å². The first-order chi connectivity index (χ1) is 9.63. The lowest BCUT2D eigenvalue weighted by atomic mass is 10.1. The Morgan fingerprint density at radius 1 is 1.35 bits per heavy atom. The summed E-state index contributed by atoms with van der Waals surface area (Å²) in [5.74, 6) is 1.72. The molecule has 1 N–H and O–H groups in total. The zero-order chi connectivity index (χ0) is 14.5. The third-order valence-corrected chi connectivity index (χ3v) is 3.76. The summed E-state index contributed by atoms with van der Waals surface area (Å²) in [5, 5.41) is 3.21. The third-order valence-electron chi connectivity index (χ3n) is 3.76. The van der Waals surface area contributed by atoms with Crippen LogP contribution in [-0.4, -0.2) is 31.6 Å². The summed E-state index contributed by atoms with van der Waals surface area (Å²) in [6, 6.07) is 7.31. The molecule has 0 saturated heterocycles. The molecule has 2 rings (SSSR count). The van der Waals surface area contributed by atoms with Gasteiger partial charge >= 0.3 is 0 Å². The van der Waals surface area contributed by atoms with Crippen LogP contribution in [0.1, 0.15) is 37.8 Å². The van der Waals surface area contributed by atoms with E-state index in [0.717, 1.165) is 24.9 Å². The molecule has 1 fully saturated rings. The SMILES string of the molecule is CNCc1ccc(OC)c(CN(CC(C)C)C2CC2)c1. The molecule has 1 aliphatic carbocycles. The largest absolute Gasteiger partial charge is 0.496 e. The number of hydrogen-bond donors (Lipinski definition) is 1. The van der Waals surface area contributed by atoms with Crippen molar-refractivity contribution in [2.24, 2.45) is 5.92 Å². The maximum atomic E-state index is 5.54. The summed E-state index contributed by atoms with van der Waals surface area (Å²) >= 11 is 0. The molecule has 0 atom stereocenters. The number of benzene rings is 1. The highest BCUT2D eigenvalue weighted by atomic mass is 16.5. The van der Waals surface area contributed by atoms with Crippen molar-refractivity contribution in [2.45, 2.75) is 45.8 Å². The minimum absolute atomic E-state index is 0.710. The Morgan fingerprint density at radius 2 is 2.10 bits per heavy atom. The average molecular weight is 276 g/mol. The summed E-state index contributed by atoms with van der Waals surface area (Å²) in [6.07, 6.45) is 2.70. The minimum atomic E-state index is 0.710. The van der Waals surface area contributed by atoms with Gasteiger partial charge in [-0.25, -0.2) is 0 Å². The highest BCUT2D eigenvalue weighted by molar-refractivity contribution is 5.37. The fraction of sp³-hybridized carbons (Fsp3) is 0.647. The van der Waals surface area contributed by atoms with Crippen LogP contribution in [0.5, 0.6) is 5.75 Å². The van der Waals surface area contributed by atoms with Crippen molar-refractivity contribution in [1.29, 1.82) is 0 Å². The summed E-state index contributed by atoms with van der Waals surface area (Å²) in [6.45, 7) is 7.67. The molecule has 112 valence electrons. The average Bonchev–Trinajstić information content (AvgIpc) is 3.22. The number of ether oxygens (including phenoxy) is 1. The Labute approximate surface area is 123 Å². The molecule has 0 heterocycles. The van der Waals surface area contributed by atoms with E-state index in [1.165, 1.54) is 30.5 Å². The van der Waals surface area contributed by atoms with E-state index in [4.69, 9.17) is 4.74 Å². The van der Waals surface area contributed by atoms with Gasteiger partial charge in [0.05, 0.1) is 7.11 Å². The van der Waals surface area contributed by atoms with E-state index >= 15 is 0 Å². The van der Waals surface area contributed by atoms with Crippen LogP contribution < -0.4 is 10.1 Å². The first kappa shape index (κ1) is 15.3. The Bertz CT molecular complexity index is 427. The Morgan fingerprint density at radius 3 is 2.65 bits per heavy atom. The van der Waals surface area contributed by atoms with Crippen LogP contribution in [0.25, 0.3) is 0 Å². The number of hydrogen-bond acceptors (Lipinski definition) is 3. The number of methoxy groups -OCH3 is 1. The second-order valence-corrected chi connectivity index (χ2v) is 6.23. The molecule has 1 aliphatic rings. The topological polar surface area (TPSA) is 24.5 Å².